The molecule has 3 heterocycles. The molecule has 124 valence electrons. The van der Waals surface area contributed by atoms with Crippen LogP contribution in [0.15, 0.2) is 42.7 Å². The van der Waals surface area contributed by atoms with Gasteiger partial charge < -0.3 is 9.88 Å². The molecule has 4 nitrogen and oxygen atoms in total. The number of rotatable bonds is 3. The molecule has 0 aliphatic carbocycles. The van der Waals surface area contributed by atoms with Gasteiger partial charge in [0.25, 0.3) is 0 Å². The standard InChI is InChI=1S/C19H21ClN4/c1-14-11-16(20)4-5-18(14)24-9-7-23(8-10-24)13-15-12-22-19-17(15)3-2-6-21-19/h2-6,11-12H,7-10,13H2,1H3,(H,21,22). The van der Waals surface area contributed by atoms with E-state index in [4.69, 9.17) is 11.6 Å². The van der Waals surface area contributed by atoms with E-state index in [9.17, 15) is 0 Å². The van der Waals surface area contributed by atoms with E-state index in [0.29, 0.717) is 0 Å². The summed E-state index contributed by atoms with van der Waals surface area (Å²) >= 11 is 6.07. The van der Waals surface area contributed by atoms with Crippen molar-refractivity contribution in [2.75, 3.05) is 31.1 Å². The minimum Gasteiger partial charge on any atom is -0.369 e. The molecule has 3 aromatic rings. The molecule has 0 atom stereocenters. The number of fused-ring (bicyclic) bond motifs is 1. The number of benzene rings is 1. The quantitative estimate of drug-likeness (QED) is 0.786. The lowest BCUT2D eigenvalue weighted by Gasteiger charge is -2.36. The summed E-state index contributed by atoms with van der Waals surface area (Å²) in [5.41, 5.74) is 4.85. The molecule has 4 rings (SSSR count). The predicted octanol–water partition coefficient (Wildman–Crippen LogP) is 3.85. The number of aryl methyl sites for hydroxylation is 1. The van der Waals surface area contributed by atoms with Gasteiger partial charge in [-0.05, 0) is 48.4 Å². The van der Waals surface area contributed by atoms with Crippen LogP contribution in [0.3, 0.4) is 0 Å². The highest BCUT2D eigenvalue weighted by atomic mass is 35.5. The zero-order valence-corrected chi connectivity index (χ0v) is 14.6. The Bertz CT molecular complexity index is 849. The Morgan fingerprint density at radius 3 is 2.79 bits per heavy atom. The number of aromatic nitrogens is 2. The van der Waals surface area contributed by atoms with Crippen molar-refractivity contribution < 1.29 is 0 Å². The molecule has 1 N–H and O–H groups in total. The number of piperazine rings is 1. The molecule has 1 aromatic carbocycles. The van der Waals surface area contributed by atoms with Crippen molar-refractivity contribution in [2.45, 2.75) is 13.5 Å². The van der Waals surface area contributed by atoms with Gasteiger partial charge in [0.2, 0.25) is 0 Å². The maximum absolute atomic E-state index is 6.07. The van der Waals surface area contributed by atoms with E-state index in [1.807, 2.05) is 24.4 Å². The third-order valence-electron chi connectivity index (χ3n) is 4.80. The zero-order valence-electron chi connectivity index (χ0n) is 13.8. The minimum atomic E-state index is 0.808. The first-order valence-electron chi connectivity index (χ1n) is 8.35. The fourth-order valence-corrected chi connectivity index (χ4v) is 3.73. The molecular weight excluding hydrogens is 320 g/mol. The third kappa shape index (κ3) is 2.99. The Balaban J connectivity index is 1.43. The Hall–Kier alpha value is -2.04. The van der Waals surface area contributed by atoms with Crippen LogP contribution in [-0.2, 0) is 6.54 Å². The van der Waals surface area contributed by atoms with Crippen LogP contribution < -0.4 is 4.90 Å². The first kappa shape index (κ1) is 15.5. The largest absolute Gasteiger partial charge is 0.369 e. The van der Waals surface area contributed by atoms with Crippen LogP contribution >= 0.6 is 11.6 Å². The number of halogens is 1. The number of nitrogens with zero attached hydrogens (tertiary/aromatic N) is 3. The molecule has 5 heteroatoms. The number of pyridine rings is 1. The predicted molar refractivity (Wildman–Crippen MR) is 99.8 cm³/mol. The summed E-state index contributed by atoms with van der Waals surface area (Å²) in [5, 5.41) is 2.04. The van der Waals surface area contributed by atoms with Crippen LogP contribution in [0.2, 0.25) is 5.02 Å². The molecule has 0 radical (unpaired) electrons. The number of aromatic amines is 1. The zero-order chi connectivity index (χ0) is 16.5. The molecule has 2 aromatic heterocycles. The van der Waals surface area contributed by atoms with Gasteiger partial charge in [-0.2, -0.15) is 0 Å². The van der Waals surface area contributed by atoms with Crippen molar-refractivity contribution in [1.82, 2.24) is 14.9 Å². The lowest BCUT2D eigenvalue weighted by Crippen LogP contribution is -2.46. The summed E-state index contributed by atoms with van der Waals surface area (Å²) in [7, 11) is 0. The second-order valence-corrected chi connectivity index (χ2v) is 6.84. The topological polar surface area (TPSA) is 35.2 Å². The molecule has 1 saturated heterocycles. The van der Waals surface area contributed by atoms with Gasteiger partial charge in [0.1, 0.15) is 5.65 Å². The molecule has 0 bridgehead atoms. The van der Waals surface area contributed by atoms with E-state index in [0.717, 1.165) is 43.4 Å². The van der Waals surface area contributed by atoms with E-state index in [2.05, 4.69) is 45.0 Å². The number of nitrogens with one attached hydrogen (secondary N) is 1. The fraction of sp³-hybridized carbons (Fsp3) is 0.316. The van der Waals surface area contributed by atoms with Crippen molar-refractivity contribution >= 4 is 28.3 Å². The van der Waals surface area contributed by atoms with Gasteiger partial charge in [-0.1, -0.05) is 11.6 Å². The first-order chi connectivity index (χ1) is 11.7. The van der Waals surface area contributed by atoms with Crippen LogP contribution in [0, 0.1) is 6.92 Å². The Morgan fingerprint density at radius 1 is 1.17 bits per heavy atom. The average molecular weight is 341 g/mol. The molecule has 0 unspecified atom stereocenters. The van der Waals surface area contributed by atoms with Crippen molar-refractivity contribution in [3.8, 4) is 0 Å². The fourth-order valence-electron chi connectivity index (χ4n) is 3.50. The maximum Gasteiger partial charge on any atom is 0.137 e. The summed E-state index contributed by atoms with van der Waals surface area (Å²) in [6.45, 7) is 7.32. The summed E-state index contributed by atoms with van der Waals surface area (Å²) in [4.78, 5) is 12.6. The average Bonchev–Trinajstić information content (AvgIpc) is 2.99. The van der Waals surface area contributed by atoms with Crippen molar-refractivity contribution in [3.63, 3.8) is 0 Å². The van der Waals surface area contributed by atoms with Gasteiger partial charge in [-0.25, -0.2) is 4.98 Å². The van der Waals surface area contributed by atoms with E-state index in [-0.39, 0.29) is 0 Å². The normalized spacial score (nSPS) is 16.0. The number of anilines is 1. The van der Waals surface area contributed by atoms with Crippen LogP contribution in [0.25, 0.3) is 11.0 Å². The molecule has 1 aliphatic rings. The van der Waals surface area contributed by atoms with E-state index >= 15 is 0 Å². The van der Waals surface area contributed by atoms with Crippen LogP contribution in [0.4, 0.5) is 5.69 Å². The molecule has 0 amide bonds. The smallest absolute Gasteiger partial charge is 0.137 e. The highest BCUT2D eigenvalue weighted by Crippen LogP contribution is 2.25. The van der Waals surface area contributed by atoms with Gasteiger partial charge in [-0.15, -0.1) is 0 Å². The molecular formula is C19H21ClN4. The van der Waals surface area contributed by atoms with Crippen molar-refractivity contribution in [3.05, 3.63) is 58.9 Å². The monoisotopic (exact) mass is 340 g/mol. The second-order valence-electron chi connectivity index (χ2n) is 6.41. The van der Waals surface area contributed by atoms with Gasteiger partial charge >= 0.3 is 0 Å². The molecule has 1 fully saturated rings. The van der Waals surface area contributed by atoms with Crippen molar-refractivity contribution in [2.24, 2.45) is 0 Å². The highest BCUT2D eigenvalue weighted by molar-refractivity contribution is 6.30. The van der Waals surface area contributed by atoms with Crippen LogP contribution in [-0.4, -0.2) is 41.0 Å². The second kappa shape index (κ2) is 6.46. The van der Waals surface area contributed by atoms with Gasteiger partial charge in [0.15, 0.2) is 0 Å². The maximum atomic E-state index is 6.07. The van der Waals surface area contributed by atoms with Gasteiger partial charge in [-0.3, -0.25) is 4.90 Å². The summed E-state index contributed by atoms with van der Waals surface area (Å²) in [6.07, 6.45) is 3.92. The van der Waals surface area contributed by atoms with E-state index in [1.165, 1.54) is 22.2 Å². The summed E-state index contributed by atoms with van der Waals surface area (Å²) in [6, 6.07) is 10.3. The minimum absolute atomic E-state index is 0.808. The Morgan fingerprint density at radius 2 is 2.00 bits per heavy atom. The lowest BCUT2D eigenvalue weighted by atomic mass is 10.1. The van der Waals surface area contributed by atoms with Gasteiger partial charge in [0.05, 0.1) is 0 Å². The summed E-state index contributed by atoms with van der Waals surface area (Å²) in [5.74, 6) is 0. The van der Waals surface area contributed by atoms with Gasteiger partial charge in [0, 0.05) is 61.2 Å². The Labute approximate surface area is 147 Å². The van der Waals surface area contributed by atoms with Crippen molar-refractivity contribution in [1.29, 1.82) is 0 Å². The Kier molecular flexibility index (Phi) is 4.17. The molecule has 0 saturated carbocycles. The first-order valence-corrected chi connectivity index (χ1v) is 8.73. The third-order valence-corrected chi connectivity index (χ3v) is 5.04. The highest BCUT2D eigenvalue weighted by Gasteiger charge is 2.19. The molecule has 0 spiro atoms. The SMILES string of the molecule is Cc1cc(Cl)ccc1N1CCN(Cc2c[nH]c3ncccc23)CC1. The molecule has 1 aliphatic heterocycles. The van der Waals surface area contributed by atoms with E-state index in [1.54, 1.807) is 0 Å². The number of hydrogen-bond acceptors (Lipinski definition) is 3. The number of hydrogen-bond donors (Lipinski definition) is 1. The van der Waals surface area contributed by atoms with Crippen LogP contribution in [0.5, 0.6) is 0 Å². The summed E-state index contributed by atoms with van der Waals surface area (Å²) < 4.78 is 0. The number of H-pyrrole nitrogens is 1. The van der Waals surface area contributed by atoms with E-state index < -0.39 is 0 Å². The molecule has 24 heavy (non-hydrogen) atoms. The van der Waals surface area contributed by atoms with Crippen LogP contribution in [0.1, 0.15) is 11.1 Å². The lowest BCUT2D eigenvalue weighted by molar-refractivity contribution is 0.250.